The highest BCUT2D eigenvalue weighted by Gasteiger charge is 2.15. The molecule has 0 radical (unpaired) electrons. The Labute approximate surface area is 160 Å². The van der Waals surface area contributed by atoms with Crippen LogP contribution in [0.15, 0.2) is 47.6 Å². The van der Waals surface area contributed by atoms with Crippen LogP contribution in [0.3, 0.4) is 0 Å². The van der Waals surface area contributed by atoms with Gasteiger partial charge in [-0.25, -0.2) is 8.42 Å². The number of carbonyl (C=O) groups is 1. The second kappa shape index (κ2) is 8.21. The molecule has 0 atom stereocenters. The van der Waals surface area contributed by atoms with Crippen molar-refractivity contribution < 1.29 is 13.2 Å². The summed E-state index contributed by atoms with van der Waals surface area (Å²) >= 11 is 0. The van der Waals surface area contributed by atoms with Crippen molar-refractivity contribution in [3.05, 3.63) is 64.8 Å². The smallest absolute Gasteiger partial charge is 0.263 e. The molecule has 1 heterocycles. The summed E-state index contributed by atoms with van der Waals surface area (Å²) in [5.74, 6) is -0.272. The molecule has 0 amide bonds. The normalized spacial score (nSPS) is 16.4. The van der Waals surface area contributed by atoms with Gasteiger partial charge < -0.3 is 0 Å². The average Bonchev–Trinajstić information content (AvgIpc) is 2.61. The molecule has 0 N–H and O–H groups in total. The van der Waals surface area contributed by atoms with Gasteiger partial charge in [-0.2, -0.15) is 0 Å². The molecule has 0 saturated heterocycles. The summed E-state index contributed by atoms with van der Waals surface area (Å²) in [6.45, 7) is 1.99. The first kappa shape index (κ1) is 19.5. The van der Waals surface area contributed by atoms with Gasteiger partial charge in [0, 0.05) is 18.0 Å². The van der Waals surface area contributed by atoms with E-state index in [1.54, 1.807) is 35.0 Å². The summed E-state index contributed by atoms with van der Waals surface area (Å²) in [7, 11) is -3.15. The van der Waals surface area contributed by atoms with Gasteiger partial charge in [0.15, 0.2) is 9.84 Å². The molecule has 1 aromatic heterocycles. The Morgan fingerprint density at radius 2 is 1.89 bits per heavy atom. The van der Waals surface area contributed by atoms with E-state index >= 15 is 0 Å². The molecular weight excluding hydrogens is 360 g/mol. The van der Waals surface area contributed by atoms with E-state index in [9.17, 15) is 13.2 Å². The highest BCUT2D eigenvalue weighted by Crippen LogP contribution is 2.19. The van der Waals surface area contributed by atoms with E-state index < -0.39 is 9.84 Å². The Morgan fingerprint density at radius 3 is 2.59 bits per heavy atom. The molecule has 1 aromatic carbocycles. The molecule has 0 spiro atoms. The van der Waals surface area contributed by atoms with Gasteiger partial charge in [0.25, 0.3) is 5.91 Å². The highest BCUT2D eigenvalue weighted by atomic mass is 32.2. The van der Waals surface area contributed by atoms with Crippen molar-refractivity contribution >= 4 is 15.7 Å². The molecule has 144 valence electrons. The quantitative estimate of drug-likeness (QED) is 0.810. The lowest BCUT2D eigenvalue weighted by molar-refractivity contribution is 0.0954. The lowest BCUT2D eigenvalue weighted by Crippen LogP contribution is -2.29. The van der Waals surface area contributed by atoms with Crippen LogP contribution >= 0.6 is 0 Å². The van der Waals surface area contributed by atoms with E-state index in [1.165, 1.54) is 25.5 Å². The van der Waals surface area contributed by atoms with Crippen LogP contribution in [0.25, 0.3) is 0 Å². The number of carbonyl (C=O) groups excluding carboxylic acids is 1. The Hall–Kier alpha value is -2.21. The maximum atomic E-state index is 13.1. The van der Waals surface area contributed by atoms with Crippen LogP contribution in [-0.2, 0) is 15.6 Å². The van der Waals surface area contributed by atoms with E-state index in [1.807, 2.05) is 19.1 Å². The Morgan fingerprint density at radius 1 is 1.15 bits per heavy atom. The van der Waals surface area contributed by atoms with Crippen LogP contribution in [0.4, 0.5) is 0 Å². The second-order valence-electron chi connectivity index (χ2n) is 7.43. The first-order valence-electron chi connectivity index (χ1n) is 9.36. The number of sulfone groups is 1. The Balaban J connectivity index is 1.97. The predicted molar refractivity (Wildman–Crippen MR) is 106 cm³/mol. The predicted octanol–water partition coefficient (Wildman–Crippen LogP) is 3.26. The molecule has 0 bridgehead atoms. The van der Waals surface area contributed by atoms with Crippen LogP contribution in [0.2, 0.25) is 0 Å². The van der Waals surface area contributed by atoms with Crippen molar-refractivity contribution in [1.82, 2.24) is 4.57 Å². The Kier molecular flexibility index (Phi) is 5.95. The minimum absolute atomic E-state index is 0.0774. The number of rotatable bonds is 4. The standard InChI is InChI=1S/C21H26N2O3S/c1-16-11-12-23(20(13-16)22-19-9-4-3-5-10-19)21(24)18-8-6-7-17(14-18)15-27(2,25)26/h6-8,11-14,19H,3-5,9-10,15H2,1-2H3. The molecule has 1 fully saturated rings. The number of pyridine rings is 1. The van der Waals surface area contributed by atoms with Crippen molar-refractivity contribution in [2.45, 2.75) is 50.8 Å². The summed E-state index contributed by atoms with van der Waals surface area (Å²) in [6.07, 6.45) is 8.69. The first-order valence-corrected chi connectivity index (χ1v) is 11.4. The molecule has 1 aliphatic rings. The monoisotopic (exact) mass is 386 g/mol. The molecule has 2 aromatic rings. The molecular formula is C21H26N2O3S. The van der Waals surface area contributed by atoms with Crippen molar-refractivity contribution in [2.24, 2.45) is 4.99 Å². The fraction of sp³-hybridized carbons (Fsp3) is 0.429. The van der Waals surface area contributed by atoms with Gasteiger partial charge in [-0.15, -0.1) is 0 Å². The third-order valence-electron chi connectivity index (χ3n) is 4.80. The number of aryl methyl sites for hydroxylation is 1. The fourth-order valence-corrected chi connectivity index (χ4v) is 4.28. The summed E-state index contributed by atoms with van der Waals surface area (Å²) in [6, 6.07) is 10.9. The maximum Gasteiger partial charge on any atom is 0.263 e. The number of aromatic nitrogens is 1. The van der Waals surface area contributed by atoms with Gasteiger partial charge in [0.2, 0.25) is 0 Å². The van der Waals surface area contributed by atoms with Crippen LogP contribution < -0.4 is 5.49 Å². The fourth-order valence-electron chi connectivity index (χ4n) is 3.49. The number of hydrogen-bond donors (Lipinski definition) is 0. The second-order valence-corrected chi connectivity index (χ2v) is 9.57. The number of benzene rings is 1. The minimum atomic E-state index is -3.15. The van der Waals surface area contributed by atoms with Crippen LogP contribution in [0.5, 0.6) is 0 Å². The number of nitrogens with zero attached hydrogens (tertiary/aromatic N) is 2. The lowest BCUT2D eigenvalue weighted by Gasteiger charge is -2.18. The van der Waals surface area contributed by atoms with Crippen molar-refractivity contribution in [3.63, 3.8) is 0 Å². The zero-order valence-corrected chi connectivity index (χ0v) is 16.7. The van der Waals surface area contributed by atoms with Gasteiger partial charge in [0.05, 0.1) is 11.8 Å². The van der Waals surface area contributed by atoms with Gasteiger partial charge in [-0.1, -0.05) is 31.4 Å². The third kappa shape index (κ3) is 5.39. The molecule has 1 aliphatic carbocycles. The van der Waals surface area contributed by atoms with E-state index in [0.717, 1.165) is 18.4 Å². The largest absolute Gasteiger partial charge is 0.268 e. The summed E-state index contributed by atoms with van der Waals surface area (Å²) in [5, 5.41) is 0. The van der Waals surface area contributed by atoms with Gasteiger partial charge in [-0.05, 0) is 55.2 Å². The first-order chi connectivity index (χ1) is 12.8. The highest BCUT2D eigenvalue weighted by molar-refractivity contribution is 7.89. The molecule has 5 nitrogen and oxygen atoms in total. The van der Waals surface area contributed by atoms with Crippen LogP contribution in [0.1, 0.15) is 53.6 Å². The zero-order chi connectivity index (χ0) is 19.4. The summed E-state index contributed by atoms with van der Waals surface area (Å²) in [5.41, 5.74) is 2.80. The SMILES string of the molecule is Cc1ccn(C(=O)c2cccc(CS(C)(=O)=O)c2)c(=NC2CCCCC2)c1. The molecule has 0 unspecified atom stereocenters. The molecule has 3 rings (SSSR count). The summed E-state index contributed by atoms with van der Waals surface area (Å²) in [4.78, 5) is 17.9. The Bertz CT molecular complexity index is 1000. The van der Waals surface area contributed by atoms with Crippen molar-refractivity contribution in [2.75, 3.05) is 6.26 Å². The van der Waals surface area contributed by atoms with Crippen molar-refractivity contribution in [1.29, 1.82) is 0 Å². The van der Waals surface area contributed by atoms with Gasteiger partial charge in [-0.3, -0.25) is 14.4 Å². The maximum absolute atomic E-state index is 13.1. The minimum Gasteiger partial charge on any atom is -0.268 e. The van der Waals surface area contributed by atoms with Gasteiger partial charge in [0.1, 0.15) is 5.49 Å². The molecule has 0 aliphatic heterocycles. The van der Waals surface area contributed by atoms with E-state index in [4.69, 9.17) is 4.99 Å². The van der Waals surface area contributed by atoms with E-state index in [-0.39, 0.29) is 17.7 Å². The zero-order valence-electron chi connectivity index (χ0n) is 15.9. The molecule has 1 saturated carbocycles. The number of hydrogen-bond acceptors (Lipinski definition) is 4. The lowest BCUT2D eigenvalue weighted by atomic mass is 9.96. The van der Waals surface area contributed by atoms with E-state index in [2.05, 4.69) is 0 Å². The van der Waals surface area contributed by atoms with E-state index in [0.29, 0.717) is 16.6 Å². The summed E-state index contributed by atoms with van der Waals surface area (Å²) < 4.78 is 24.7. The van der Waals surface area contributed by atoms with Gasteiger partial charge >= 0.3 is 0 Å². The van der Waals surface area contributed by atoms with Crippen LogP contribution in [0, 0.1) is 6.92 Å². The average molecular weight is 387 g/mol. The molecule has 27 heavy (non-hydrogen) atoms. The topological polar surface area (TPSA) is 68.5 Å². The molecule has 6 heteroatoms. The van der Waals surface area contributed by atoms with Crippen molar-refractivity contribution in [3.8, 4) is 0 Å². The third-order valence-corrected chi connectivity index (χ3v) is 5.66. The van der Waals surface area contributed by atoms with Crippen LogP contribution in [-0.4, -0.2) is 31.2 Å².